The molecule has 1 unspecified atom stereocenters. The van der Waals surface area contributed by atoms with Crippen molar-refractivity contribution in [3.63, 3.8) is 0 Å². The third kappa shape index (κ3) is 1.21. The number of hydrogen-bond donors (Lipinski definition) is 1. The normalized spacial score (nSPS) is 28.9. The summed E-state index contributed by atoms with van der Waals surface area (Å²) in [5.74, 6) is 0.0845. The summed E-state index contributed by atoms with van der Waals surface area (Å²) in [4.78, 5) is 12.6. The Labute approximate surface area is 54.8 Å². The quantitative estimate of drug-likeness (QED) is 0.481. The fraction of sp³-hybridized carbons (Fsp3) is 0.833. The molecular weight excluding hydrogens is 116 g/mol. The minimum absolute atomic E-state index is 0.0845. The molecule has 3 heteroatoms. The second-order valence-electron chi connectivity index (χ2n) is 2.51. The van der Waals surface area contributed by atoms with Gasteiger partial charge in [0.05, 0.1) is 6.04 Å². The van der Waals surface area contributed by atoms with Crippen LogP contribution in [-0.2, 0) is 4.79 Å². The molecule has 1 heterocycles. The number of nitrogens with two attached hydrogens (primary N) is 1. The van der Waals surface area contributed by atoms with E-state index in [1.807, 2.05) is 0 Å². The molecule has 1 rings (SSSR count). The molecule has 1 atom stereocenters. The molecular formula is C6H12N2O. The summed E-state index contributed by atoms with van der Waals surface area (Å²) >= 11 is 0. The summed E-state index contributed by atoms with van der Waals surface area (Å²) in [6.45, 7) is 0.868. The Bertz CT molecular complexity index is 112. The third-order valence-corrected chi connectivity index (χ3v) is 1.70. The van der Waals surface area contributed by atoms with Crippen LogP contribution in [0.25, 0.3) is 0 Å². The first-order valence-electron chi connectivity index (χ1n) is 3.22. The number of carbonyl (C=O) groups excluding carboxylic acids is 1. The second kappa shape index (κ2) is 2.35. The number of likely N-dealkylation sites (N-methyl/N-ethyl adjacent to an activating group) is 1. The molecule has 3 nitrogen and oxygen atoms in total. The highest BCUT2D eigenvalue weighted by Crippen LogP contribution is 2.06. The third-order valence-electron chi connectivity index (χ3n) is 1.70. The van der Waals surface area contributed by atoms with Crippen LogP contribution in [0.1, 0.15) is 12.8 Å². The minimum Gasteiger partial charge on any atom is -0.344 e. The van der Waals surface area contributed by atoms with Crippen molar-refractivity contribution in [1.82, 2.24) is 4.90 Å². The van der Waals surface area contributed by atoms with Crippen LogP contribution >= 0.6 is 0 Å². The van der Waals surface area contributed by atoms with Crippen LogP contribution in [0.5, 0.6) is 0 Å². The average molecular weight is 128 g/mol. The van der Waals surface area contributed by atoms with Gasteiger partial charge in [-0.3, -0.25) is 4.79 Å². The second-order valence-corrected chi connectivity index (χ2v) is 2.51. The maximum absolute atomic E-state index is 10.9. The minimum atomic E-state index is -0.233. The van der Waals surface area contributed by atoms with Crippen molar-refractivity contribution in [2.75, 3.05) is 13.6 Å². The molecule has 1 saturated heterocycles. The number of nitrogens with zero attached hydrogens (tertiary/aromatic N) is 1. The summed E-state index contributed by atoms with van der Waals surface area (Å²) in [5.41, 5.74) is 5.48. The maximum atomic E-state index is 10.9. The van der Waals surface area contributed by atoms with Gasteiger partial charge < -0.3 is 10.6 Å². The lowest BCUT2D eigenvalue weighted by molar-refractivity contribution is -0.133. The largest absolute Gasteiger partial charge is 0.344 e. The zero-order valence-electron chi connectivity index (χ0n) is 5.63. The van der Waals surface area contributed by atoms with Crippen LogP contribution in [0.2, 0.25) is 0 Å². The maximum Gasteiger partial charge on any atom is 0.239 e. The summed E-state index contributed by atoms with van der Waals surface area (Å²) < 4.78 is 0. The van der Waals surface area contributed by atoms with E-state index >= 15 is 0 Å². The summed E-state index contributed by atoms with van der Waals surface area (Å²) in [5, 5.41) is 0. The van der Waals surface area contributed by atoms with E-state index in [-0.39, 0.29) is 11.9 Å². The van der Waals surface area contributed by atoms with Gasteiger partial charge in [0.2, 0.25) is 5.91 Å². The number of rotatable bonds is 0. The molecule has 1 amide bonds. The smallest absolute Gasteiger partial charge is 0.239 e. The van der Waals surface area contributed by atoms with E-state index in [0.717, 1.165) is 19.4 Å². The molecule has 0 saturated carbocycles. The lowest BCUT2D eigenvalue weighted by Gasteiger charge is -2.26. The van der Waals surface area contributed by atoms with E-state index in [4.69, 9.17) is 5.73 Å². The highest BCUT2D eigenvalue weighted by Gasteiger charge is 2.21. The Morgan fingerprint density at radius 1 is 1.78 bits per heavy atom. The Balaban J connectivity index is 2.52. The van der Waals surface area contributed by atoms with Crippen molar-refractivity contribution in [2.24, 2.45) is 5.73 Å². The van der Waals surface area contributed by atoms with Crippen molar-refractivity contribution in [2.45, 2.75) is 18.9 Å². The SMILES string of the molecule is CN1CCCC(N)C1=O. The van der Waals surface area contributed by atoms with Gasteiger partial charge in [-0.2, -0.15) is 0 Å². The summed E-state index contributed by atoms with van der Waals surface area (Å²) in [6.07, 6.45) is 1.90. The van der Waals surface area contributed by atoms with E-state index in [2.05, 4.69) is 0 Å². The van der Waals surface area contributed by atoms with Crippen LogP contribution in [0.15, 0.2) is 0 Å². The van der Waals surface area contributed by atoms with E-state index in [9.17, 15) is 4.79 Å². The fourth-order valence-electron chi connectivity index (χ4n) is 1.07. The van der Waals surface area contributed by atoms with Crippen molar-refractivity contribution in [3.8, 4) is 0 Å². The molecule has 9 heavy (non-hydrogen) atoms. The molecule has 52 valence electrons. The predicted molar refractivity (Wildman–Crippen MR) is 34.8 cm³/mol. The Hall–Kier alpha value is -0.570. The van der Waals surface area contributed by atoms with Gasteiger partial charge in [0, 0.05) is 13.6 Å². The van der Waals surface area contributed by atoms with Gasteiger partial charge in [0.25, 0.3) is 0 Å². The van der Waals surface area contributed by atoms with Gasteiger partial charge in [-0.05, 0) is 12.8 Å². The summed E-state index contributed by atoms with van der Waals surface area (Å²) in [6, 6.07) is -0.233. The highest BCUT2D eigenvalue weighted by molar-refractivity contribution is 5.81. The fourth-order valence-corrected chi connectivity index (χ4v) is 1.07. The van der Waals surface area contributed by atoms with Crippen LogP contribution < -0.4 is 5.73 Å². The van der Waals surface area contributed by atoms with Crippen LogP contribution in [-0.4, -0.2) is 30.4 Å². The highest BCUT2D eigenvalue weighted by atomic mass is 16.2. The lowest BCUT2D eigenvalue weighted by Crippen LogP contribution is -2.46. The standard InChI is InChI=1S/C6H12N2O/c1-8-4-2-3-5(7)6(8)9/h5H,2-4,7H2,1H3. The predicted octanol–water partition coefficient (Wildman–Crippen LogP) is -0.434. The Morgan fingerprint density at radius 2 is 2.44 bits per heavy atom. The van der Waals surface area contributed by atoms with E-state index in [0.29, 0.717) is 0 Å². The van der Waals surface area contributed by atoms with Crippen LogP contribution in [0.4, 0.5) is 0 Å². The zero-order chi connectivity index (χ0) is 6.85. The molecule has 0 aromatic carbocycles. The average Bonchev–Trinajstić information content (AvgIpc) is 1.83. The lowest BCUT2D eigenvalue weighted by atomic mass is 10.1. The Kier molecular flexibility index (Phi) is 1.71. The number of piperidine rings is 1. The van der Waals surface area contributed by atoms with Gasteiger partial charge >= 0.3 is 0 Å². The van der Waals surface area contributed by atoms with Gasteiger partial charge in [0.1, 0.15) is 0 Å². The molecule has 0 aromatic rings. The van der Waals surface area contributed by atoms with Gasteiger partial charge in [-0.1, -0.05) is 0 Å². The van der Waals surface area contributed by atoms with Crippen molar-refractivity contribution < 1.29 is 4.79 Å². The first-order valence-corrected chi connectivity index (χ1v) is 3.22. The molecule has 1 aliphatic heterocycles. The van der Waals surface area contributed by atoms with E-state index < -0.39 is 0 Å². The number of hydrogen-bond acceptors (Lipinski definition) is 2. The molecule has 1 fully saturated rings. The van der Waals surface area contributed by atoms with E-state index in [1.54, 1.807) is 11.9 Å². The first kappa shape index (κ1) is 6.55. The molecule has 1 aliphatic rings. The van der Waals surface area contributed by atoms with Crippen LogP contribution in [0, 0.1) is 0 Å². The number of carbonyl (C=O) groups is 1. The first-order chi connectivity index (χ1) is 4.22. The number of amides is 1. The van der Waals surface area contributed by atoms with Gasteiger partial charge in [-0.25, -0.2) is 0 Å². The molecule has 0 bridgehead atoms. The van der Waals surface area contributed by atoms with Crippen LogP contribution in [0.3, 0.4) is 0 Å². The van der Waals surface area contributed by atoms with Gasteiger partial charge in [-0.15, -0.1) is 0 Å². The van der Waals surface area contributed by atoms with E-state index in [1.165, 1.54) is 0 Å². The molecule has 0 radical (unpaired) electrons. The number of likely N-dealkylation sites (tertiary alicyclic amines) is 1. The van der Waals surface area contributed by atoms with Crippen molar-refractivity contribution in [1.29, 1.82) is 0 Å². The molecule has 0 aromatic heterocycles. The van der Waals surface area contributed by atoms with Crippen molar-refractivity contribution >= 4 is 5.91 Å². The summed E-state index contributed by atoms with van der Waals surface area (Å²) in [7, 11) is 1.79. The topological polar surface area (TPSA) is 46.3 Å². The van der Waals surface area contributed by atoms with Crippen molar-refractivity contribution in [3.05, 3.63) is 0 Å². The zero-order valence-corrected chi connectivity index (χ0v) is 5.63. The monoisotopic (exact) mass is 128 g/mol. The molecule has 0 spiro atoms. The molecule has 0 aliphatic carbocycles. The molecule has 2 N–H and O–H groups in total. The Morgan fingerprint density at radius 3 is 2.89 bits per heavy atom. The van der Waals surface area contributed by atoms with Gasteiger partial charge in [0.15, 0.2) is 0 Å².